The number of benzene rings is 2. The maximum atomic E-state index is 13.3. The lowest BCUT2D eigenvalue weighted by atomic mass is 9.47. The molecule has 3 fully saturated rings. The minimum absolute atomic E-state index is 0.121. The molecular weight excluding hydrogens is 716 g/mol. The number of halogens is 1. The van der Waals surface area contributed by atoms with Crippen LogP contribution in [0.4, 0.5) is 0 Å². The monoisotopic (exact) mass is 772 g/mol. The van der Waals surface area contributed by atoms with E-state index >= 15 is 0 Å². The van der Waals surface area contributed by atoms with Gasteiger partial charge in [-0.3, -0.25) is 4.79 Å². The Labute approximate surface area is 318 Å². The van der Waals surface area contributed by atoms with Gasteiger partial charge in [-0.2, -0.15) is 0 Å². The first-order valence-electron chi connectivity index (χ1n) is 19.9. The summed E-state index contributed by atoms with van der Waals surface area (Å²) in [7, 11) is 0. The topological polar surface area (TPSA) is 75.0 Å². The van der Waals surface area contributed by atoms with Gasteiger partial charge in [-0.1, -0.05) is 81.5 Å². The standard InChI is InChI=1S/C45H57BrO6/c1-27(2)8-7-9-28(3)37-18-19-38-35-16-10-30-24-34(20-22-44(30,5)39(35)21-23-45(37,38)6)51-41(47)26-49-33-15-17-36-40(25-33)50-29(4)43(42(36)48)52-32-13-11-31(46)12-14-32/h10-15,17,25,27-28,34-35,37-39H,7-9,16,18-24,26H2,1-6H3/t28-,34+,35-,37+,38-,39-,44-,45+/m0/s1. The van der Waals surface area contributed by atoms with Crippen LogP contribution in [-0.4, -0.2) is 18.7 Å². The van der Waals surface area contributed by atoms with Gasteiger partial charge in [-0.05, 0) is 135 Å². The highest BCUT2D eigenvalue weighted by atomic mass is 79.9. The predicted octanol–water partition coefficient (Wildman–Crippen LogP) is 12.0. The average molecular weight is 774 g/mol. The van der Waals surface area contributed by atoms with E-state index in [0.717, 1.165) is 59.2 Å². The minimum Gasteiger partial charge on any atom is -0.482 e. The summed E-state index contributed by atoms with van der Waals surface area (Å²) in [5.74, 6) is 5.98. The smallest absolute Gasteiger partial charge is 0.344 e. The second kappa shape index (κ2) is 15.0. The summed E-state index contributed by atoms with van der Waals surface area (Å²) in [6, 6.07) is 12.2. The van der Waals surface area contributed by atoms with Crippen LogP contribution in [0.25, 0.3) is 11.0 Å². The number of ether oxygens (including phenoxy) is 3. The molecule has 0 saturated heterocycles. The van der Waals surface area contributed by atoms with Crippen molar-refractivity contribution in [3.05, 3.63) is 74.6 Å². The number of carbonyl (C=O) groups is 1. The van der Waals surface area contributed by atoms with E-state index in [1.165, 1.54) is 56.9 Å². The molecule has 0 radical (unpaired) electrons. The number of carbonyl (C=O) groups excluding carboxylic acids is 1. The number of hydrogen-bond donors (Lipinski definition) is 0. The van der Waals surface area contributed by atoms with Crippen LogP contribution < -0.4 is 14.9 Å². The van der Waals surface area contributed by atoms with Crippen LogP contribution in [0.3, 0.4) is 0 Å². The Bertz CT molecular complexity index is 1860. The molecular formula is C45H57BrO6. The number of esters is 1. The Morgan fingerprint density at radius 3 is 2.50 bits per heavy atom. The molecule has 1 heterocycles. The quantitative estimate of drug-likeness (QED) is 0.143. The zero-order valence-corrected chi connectivity index (χ0v) is 33.6. The van der Waals surface area contributed by atoms with Crippen molar-refractivity contribution >= 4 is 32.9 Å². The summed E-state index contributed by atoms with van der Waals surface area (Å²) in [6.45, 7) is 13.9. The first kappa shape index (κ1) is 37.3. The Morgan fingerprint density at radius 2 is 1.73 bits per heavy atom. The molecule has 52 heavy (non-hydrogen) atoms. The van der Waals surface area contributed by atoms with Crippen LogP contribution in [0.2, 0.25) is 0 Å². The Hall–Kier alpha value is -3.06. The van der Waals surface area contributed by atoms with E-state index in [0.29, 0.717) is 33.6 Å². The van der Waals surface area contributed by atoms with Crippen LogP contribution in [-0.2, 0) is 9.53 Å². The third kappa shape index (κ3) is 7.24. The second-order valence-corrected chi connectivity index (χ2v) is 18.4. The lowest BCUT2D eigenvalue weighted by molar-refractivity contribution is -0.153. The largest absolute Gasteiger partial charge is 0.482 e. The number of allylic oxidation sites excluding steroid dienone is 1. The lowest BCUT2D eigenvalue weighted by Crippen LogP contribution is -2.51. The SMILES string of the molecule is Cc1oc2cc(OCC(=O)O[C@@H]3CC[C@@]4(C)C(=CC[C@H]5[C@@H]6CC[C@H]([C@@H](C)CCCC(C)C)[C@@]6(C)CC[C@@H]54)C3)ccc2c(=O)c1Oc1ccc(Br)cc1. The molecule has 0 unspecified atom stereocenters. The second-order valence-electron chi connectivity index (χ2n) is 17.5. The molecule has 1 aromatic heterocycles. The maximum Gasteiger partial charge on any atom is 0.344 e. The van der Waals surface area contributed by atoms with Crippen molar-refractivity contribution in [2.75, 3.05) is 6.61 Å². The van der Waals surface area contributed by atoms with Crippen LogP contribution in [0.5, 0.6) is 17.2 Å². The summed E-state index contributed by atoms with van der Waals surface area (Å²) in [5.41, 5.74) is 2.32. The fraction of sp³-hybridized carbons (Fsp3) is 0.600. The van der Waals surface area contributed by atoms with E-state index < -0.39 is 0 Å². The Kier molecular flexibility index (Phi) is 10.7. The van der Waals surface area contributed by atoms with Crippen molar-refractivity contribution in [1.82, 2.24) is 0 Å². The number of rotatable bonds is 11. The number of fused-ring (bicyclic) bond motifs is 6. The number of hydrogen-bond acceptors (Lipinski definition) is 6. The van der Waals surface area contributed by atoms with Gasteiger partial charge in [-0.25, -0.2) is 4.79 Å². The van der Waals surface area contributed by atoms with Gasteiger partial charge >= 0.3 is 5.97 Å². The molecule has 3 aromatic rings. The average Bonchev–Trinajstić information content (AvgIpc) is 3.47. The zero-order chi connectivity index (χ0) is 36.8. The van der Waals surface area contributed by atoms with Crippen molar-refractivity contribution in [2.24, 2.45) is 46.3 Å². The summed E-state index contributed by atoms with van der Waals surface area (Å²) >= 11 is 3.41. The normalized spacial score (nSPS) is 30.2. The summed E-state index contributed by atoms with van der Waals surface area (Å²) in [6.07, 6.45) is 16.1. The van der Waals surface area contributed by atoms with E-state index in [1.807, 2.05) is 12.1 Å². The fourth-order valence-corrected chi connectivity index (χ4v) is 11.5. The van der Waals surface area contributed by atoms with E-state index in [-0.39, 0.29) is 35.3 Å². The molecule has 0 bridgehead atoms. The van der Waals surface area contributed by atoms with Gasteiger partial charge in [0.05, 0.1) is 5.39 Å². The predicted molar refractivity (Wildman–Crippen MR) is 210 cm³/mol. The Balaban J connectivity index is 0.944. The van der Waals surface area contributed by atoms with E-state index in [4.69, 9.17) is 18.6 Å². The molecule has 4 aliphatic rings. The van der Waals surface area contributed by atoms with Crippen molar-refractivity contribution in [1.29, 1.82) is 0 Å². The van der Waals surface area contributed by atoms with Gasteiger partial charge in [0, 0.05) is 17.0 Å². The van der Waals surface area contributed by atoms with Crippen molar-refractivity contribution in [2.45, 2.75) is 118 Å². The molecule has 8 atom stereocenters. The van der Waals surface area contributed by atoms with Crippen LogP contribution >= 0.6 is 15.9 Å². The lowest BCUT2D eigenvalue weighted by Gasteiger charge is -2.58. The number of aryl methyl sites for hydroxylation is 1. The van der Waals surface area contributed by atoms with Gasteiger partial charge < -0.3 is 18.6 Å². The van der Waals surface area contributed by atoms with E-state index in [9.17, 15) is 9.59 Å². The summed E-state index contributed by atoms with van der Waals surface area (Å²) < 4.78 is 24.6. The molecule has 0 amide bonds. The first-order valence-corrected chi connectivity index (χ1v) is 20.7. The molecule has 7 heteroatoms. The molecule has 6 nitrogen and oxygen atoms in total. The molecule has 280 valence electrons. The third-order valence-corrected chi connectivity index (χ3v) is 14.5. The zero-order valence-electron chi connectivity index (χ0n) is 32.0. The third-order valence-electron chi connectivity index (χ3n) is 13.9. The van der Waals surface area contributed by atoms with E-state index in [2.05, 4.69) is 56.6 Å². The molecule has 0 spiro atoms. The highest BCUT2D eigenvalue weighted by molar-refractivity contribution is 9.10. The summed E-state index contributed by atoms with van der Waals surface area (Å²) in [5, 5.41) is 0.378. The molecule has 7 rings (SSSR count). The van der Waals surface area contributed by atoms with Crippen molar-refractivity contribution in [3.63, 3.8) is 0 Å². The molecule has 0 aliphatic heterocycles. The molecule has 4 aliphatic carbocycles. The van der Waals surface area contributed by atoms with Gasteiger partial charge in [0.2, 0.25) is 11.2 Å². The highest BCUT2D eigenvalue weighted by Crippen LogP contribution is 2.67. The molecule has 2 aromatic carbocycles. The van der Waals surface area contributed by atoms with Crippen molar-refractivity contribution < 1.29 is 23.4 Å². The summed E-state index contributed by atoms with van der Waals surface area (Å²) in [4.78, 5) is 26.3. The Morgan fingerprint density at radius 1 is 0.962 bits per heavy atom. The molecule has 0 N–H and O–H groups in total. The molecule has 3 saturated carbocycles. The van der Waals surface area contributed by atoms with Gasteiger partial charge in [-0.15, -0.1) is 0 Å². The fourth-order valence-electron chi connectivity index (χ4n) is 11.2. The van der Waals surface area contributed by atoms with Crippen LogP contribution in [0.15, 0.2) is 67.8 Å². The van der Waals surface area contributed by atoms with E-state index in [1.54, 1.807) is 37.3 Å². The minimum atomic E-state index is -0.369. The van der Waals surface area contributed by atoms with Crippen molar-refractivity contribution in [3.8, 4) is 17.2 Å². The van der Waals surface area contributed by atoms with Crippen LogP contribution in [0, 0.1) is 53.3 Å². The highest BCUT2D eigenvalue weighted by Gasteiger charge is 2.59. The van der Waals surface area contributed by atoms with Gasteiger partial charge in [0.15, 0.2) is 6.61 Å². The van der Waals surface area contributed by atoms with Gasteiger partial charge in [0.1, 0.15) is 28.9 Å². The maximum absolute atomic E-state index is 13.3. The first-order chi connectivity index (χ1) is 24.9. The van der Waals surface area contributed by atoms with Gasteiger partial charge in [0.25, 0.3) is 0 Å². The van der Waals surface area contributed by atoms with Crippen LogP contribution in [0.1, 0.15) is 111 Å².